The molecule has 2 aliphatic rings. The first-order valence-corrected chi connectivity index (χ1v) is 8.67. The first-order valence-electron chi connectivity index (χ1n) is 8.67. The van der Waals surface area contributed by atoms with Crippen LogP contribution in [0.1, 0.15) is 62.1 Å². The summed E-state index contributed by atoms with van der Waals surface area (Å²) in [4.78, 5) is 2.49. The molecule has 116 valence electrons. The van der Waals surface area contributed by atoms with Gasteiger partial charge in [0.25, 0.3) is 0 Å². The molecule has 1 aliphatic heterocycles. The average molecular weight is 286 g/mol. The van der Waals surface area contributed by atoms with Crippen LogP contribution in [0.25, 0.3) is 0 Å². The Morgan fingerprint density at radius 3 is 2.52 bits per heavy atom. The fourth-order valence-electron chi connectivity index (χ4n) is 4.28. The first-order chi connectivity index (χ1) is 10.2. The molecule has 1 heterocycles. The van der Waals surface area contributed by atoms with Gasteiger partial charge in [-0.15, -0.1) is 0 Å². The predicted molar refractivity (Wildman–Crippen MR) is 89.3 cm³/mol. The van der Waals surface area contributed by atoms with Gasteiger partial charge in [0.1, 0.15) is 0 Å². The predicted octanol–water partition coefficient (Wildman–Crippen LogP) is 3.93. The fourth-order valence-corrected chi connectivity index (χ4v) is 4.28. The second-order valence-electron chi connectivity index (χ2n) is 7.42. The molecule has 2 unspecified atom stereocenters. The molecule has 2 heteroatoms. The summed E-state index contributed by atoms with van der Waals surface area (Å²) in [6.07, 6.45) is 6.76. The summed E-state index contributed by atoms with van der Waals surface area (Å²) < 4.78 is 0. The van der Waals surface area contributed by atoms with Crippen molar-refractivity contribution in [3.8, 4) is 0 Å². The number of rotatable bonds is 3. The highest BCUT2D eigenvalue weighted by Gasteiger charge is 2.30. The normalized spacial score (nSPS) is 34.2. The van der Waals surface area contributed by atoms with Crippen molar-refractivity contribution in [3.63, 3.8) is 0 Å². The molecule has 2 N–H and O–H groups in total. The molecule has 0 bridgehead atoms. The molecular weight excluding hydrogens is 256 g/mol. The van der Waals surface area contributed by atoms with Crippen molar-refractivity contribution in [2.45, 2.75) is 51.0 Å². The highest BCUT2D eigenvalue weighted by atomic mass is 15.2. The van der Waals surface area contributed by atoms with E-state index in [4.69, 9.17) is 5.73 Å². The van der Waals surface area contributed by atoms with Crippen molar-refractivity contribution in [1.82, 2.24) is 4.90 Å². The number of likely N-dealkylation sites (tertiary alicyclic amines) is 1. The van der Waals surface area contributed by atoms with E-state index in [0.717, 1.165) is 24.9 Å². The molecule has 1 saturated carbocycles. The highest BCUT2D eigenvalue weighted by molar-refractivity contribution is 5.29. The molecule has 1 aromatic rings. The largest absolute Gasteiger partial charge is 0.330 e. The van der Waals surface area contributed by atoms with Crippen molar-refractivity contribution < 1.29 is 0 Å². The Morgan fingerprint density at radius 2 is 1.86 bits per heavy atom. The molecule has 0 spiro atoms. The molecule has 0 aromatic heterocycles. The van der Waals surface area contributed by atoms with Crippen molar-refractivity contribution in [2.75, 3.05) is 20.1 Å². The Bertz CT molecular complexity index is 462. The highest BCUT2D eigenvalue weighted by Crippen LogP contribution is 2.38. The molecule has 0 radical (unpaired) electrons. The van der Waals surface area contributed by atoms with Crippen LogP contribution in [0.4, 0.5) is 0 Å². The summed E-state index contributed by atoms with van der Waals surface area (Å²) in [7, 11) is 2.25. The van der Waals surface area contributed by atoms with Gasteiger partial charge in [0.05, 0.1) is 0 Å². The average Bonchev–Trinajstić information content (AvgIpc) is 2.89. The zero-order valence-electron chi connectivity index (χ0n) is 13.6. The molecule has 2 atom stereocenters. The van der Waals surface area contributed by atoms with E-state index >= 15 is 0 Å². The van der Waals surface area contributed by atoms with Crippen LogP contribution in [0.5, 0.6) is 0 Å². The van der Waals surface area contributed by atoms with Crippen LogP contribution in [0.15, 0.2) is 24.3 Å². The molecule has 2 fully saturated rings. The van der Waals surface area contributed by atoms with Gasteiger partial charge < -0.3 is 5.73 Å². The monoisotopic (exact) mass is 286 g/mol. The molecular formula is C19H30N2. The molecule has 1 aromatic carbocycles. The second kappa shape index (κ2) is 6.50. The van der Waals surface area contributed by atoms with Gasteiger partial charge in [0.2, 0.25) is 0 Å². The maximum Gasteiger partial charge on any atom is 0.0348 e. The van der Waals surface area contributed by atoms with Crippen molar-refractivity contribution in [3.05, 3.63) is 35.4 Å². The molecule has 21 heavy (non-hydrogen) atoms. The number of nitrogens with zero attached hydrogens (tertiary/aromatic N) is 1. The minimum atomic E-state index is 0.570. The summed E-state index contributed by atoms with van der Waals surface area (Å²) in [5, 5.41) is 0. The van der Waals surface area contributed by atoms with E-state index in [0.29, 0.717) is 12.0 Å². The summed E-state index contributed by atoms with van der Waals surface area (Å²) in [5.41, 5.74) is 8.95. The van der Waals surface area contributed by atoms with E-state index in [-0.39, 0.29) is 0 Å². The van der Waals surface area contributed by atoms with Crippen LogP contribution >= 0.6 is 0 Å². The van der Waals surface area contributed by atoms with Crippen molar-refractivity contribution >= 4 is 0 Å². The van der Waals surface area contributed by atoms with E-state index in [1.165, 1.54) is 37.7 Å². The van der Waals surface area contributed by atoms with Gasteiger partial charge in [-0.05, 0) is 61.7 Å². The zero-order chi connectivity index (χ0) is 14.8. The number of hydrogen-bond acceptors (Lipinski definition) is 2. The molecule has 1 saturated heterocycles. The summed E-state index contributed by atoms with van der Waals surface area (Å²) >= 11 is 0. The van der Waals surface area contributed by atoms with Gasteiger partial charge in [-0.25, -0.2) is 0 Å². The molecule has 0 amide bonds. The van der Waals surface area contributed by atoms with Crippen LogP contribution < -0.4 is 5.73 Å². The minimum absolute atomic E-state index is 0.570. The number of benzene rings is 1. The smallest absolute Gasteiger partial charge is 0.0348 e. The SMILES string of the molecule is CC1CCC(c2cccc(C3CC(CN)CN3C)c2)CC1. The molecule has 1 aliphatic carbocycles. The van der Waals surface area contributed by atoms with E-state index in [1.54, 1.807) is 5.56 Å². The minimum Gasteiger partial charge on any atom is -0.330 e. The van der Waals surface area contributed by atoms with Gasteiger partial charge in [0, 0.05) is 12.6 Å². The van der Waals surface area contributed by atoms with Gasteiger partial charge in [0.15, 0.2) is 0 Å². The lowest BCUT2D eigenvalue weighted by atomic mass is 9.79. The van der Waals surface area contributed by atoms with Crippen LogP contribution in [0.2, 0.25) is 0 Å². The third-order valence-electron chi connectivity index (χ3n) is 5.75. The van der Waals surface area contributed by atoms with E-state index < -0.39 is 0 Å². The third-order valence-corrected chi connectivity index (χ3v) is 5.75. The zero-order valence-corrected chi connectivity index (χ0v) is 13.6. The Morgan fingerprint density at radius 1 is 1.14 bits per heavy atom. The van der Waals surface area contributed by atoms with E-state index in [2.05, 4.69) is 43.1 Å². The number of hydrogen-bond donors (Lipinski definition) is 1. The van der Waals surface area contributed by atoms with E-state index in [9.17, 15) is 0 Å². The van der Waals surface area contributed by atoms with Crippen LogP contribution in [0, 0.1) is 11.8 Å². The lowest BCUT2D eigenvalue weighted by Crippen LogP contribution is -2.20. The Balaban J connectivity index is 1.74. The van der Waals surface area contributed by atoms with Crippen molar-refractivity contribution in [2.24, 2.45) is 17.6 Å². The number of nitrogens with two attached hydrogens (primary N) is 1. The second-order valence-corrected chi connectivity index (χ2v) is 7.42. The molecule has 2 nitrogen and oxygen atoms in total. The maximum absolute atomic E-state index is 5.87. The quantitative estimate of drug-likeness (QED) is 0.912. The molecule has 3 rings (SSSR count). The van der Waals surface area contributed by atoms with Gasteiger partial charge in [-0.2, -0.15) is 0 Å². The standard InChI is InChI=1S/C19H30N2/c1-14-6-8-16(9-7-14)17-4-3-5-18(11-17)19-10-15(12-20)13-21(19)2/h3-5,11,14-16,19H,6-10,12-13,20H2,1-2H3. The fraction of sp³-hybridized carbons (Fsp3) is 0.684. The Kier molecular flexibility index (Phi) is 4.66. The lowest BCUT2D eigenvalue weighted by Gasteiger charge is -2.27. The summed E-state index contributed by atoms with van der Waals surface area (Å²) in [6.45, 7) is 4.36. The third kappa shape index (κ3) is 3.32. The summed E-state index contributed by atoms with van der Waals surface area (Å²) in [6, 6.07) is 9.99. The van der Waals surface area contributed by atoms with Crippen LogP contribution in [-0.4, -0.2) is 25.0 Å². The Labute approximate surface area is 129 Å². The van der Waals surface area contributed by atoms with Gasteiger partial charge in [-0.1, -0.05) is 44.0 Å². The summed E-state index contributed by atoms with van der Waals surface area (Å²) in [5.74, 6) is 2.38. The van der Waals surface area contributed by atoms with Gasteiger partial charge >= 0.3 is 0 Å². The van der Waals surface area contributed by atoms with Crippen molar-refractivity contribution in [1.29, 1.82) is 0 Å². The van der Waals surface area contributed by atoms with Crippen LogP contribution in [0.3, 0.4) is 0 Å². The van der Waals surface area contributed by atoms with Crippen LogP contribution in [-0.2, 0) is 0 Å². The first kappa shape index (κ1) is 15.1. The lowest BCUT2D eigenvalue weighted by molar-refractivity contribution is 0.313. The maximum atomic E-state index is 5.87. The van der Waals surface area contributed by atoms with E-state index in [1.807, 2.05) is 0 Å². The topological polar surface area (TPSA) is 29.3 Å². The van der Waals surface area contributed by atoms with Gasteiger partial charge in [-0.3, -0.25) is 4.90 Å². The Hall–Kier alpha value is -0.860.